The van der Waals surface area contributed by atoms with Crippen molar-refractivity contribution in [2.45, 2.75) is 24.3 Å². The predicted molar refractivity (Wildman–Crippen MR) is 72.7 cm³/mol. The highest BCUT2D eigenvalue weighted by molar-refractivity contribution is 5.54. The lowest BCUT2D eigenvalue weighted by molar-refractivity contribution is -0.313. The number of fused-ring (bicyclic) bond motifs is 1. The maximum atomic E-state index is 13.8. The van der Waals surface area contributed by atoms with Crippen molar-refractivity contribution in [3.8, 4) is 11.5 Å². The van der Waals surface area contributed by atoms with Crippen molar-refractivity contribution in [1.29, 1.82) is 0 Å². The maximum Gasteiger partial charge on any atom is 0.339 e. The molecule has 0 radical (unpaired) electrons. The Morgan fingerprint density at radius 2 is 1.58 bits per heavy atom. The minimum atomic E-state index is -4.79. The first-order valence-electron chi connectivity index (χ1n) is 7.02. The topological polar surface area (TPSA) is 49.7 Å². The van der Waals surface area contributed by atoms with E-state index in [-0.39, 0.29) is 0 Å². The highest BCUT2D eigenvalue weighted by atomic mass is 19.3. The van der Waals surface area contributed by atoms with Gasteiger partial charge in [-0.2, -0.15) is 8.78 Å². The van der Waals surface area contributed by atoms with Gasteiger partial charge in [0.1, 0.15) is 23.1 Å². The Bertz CT molecular complexity index is 847. The molecule has 1 aliphatic rings. The molecular weight excluding hydrogens is 373 g/mol. The van der Waals surface area contributed by atoms with Crippen molar-refractivity contribution in [3.63, 3.8) is 0 Å². The lowest BCUT2D eigenvalue weighted by Crippen LogP contribution is -2.43. The molecule has 26 heavy (non-hydrogen) atoms. The third-order valence-electron chi connectivity index (χ3n) is 3.92. The Labute approximate surface area is 141 Å². The van der Waals surface area contributed by atoms with E-state index in [1.165, 1.54) is 0 Å². The Morgan fingerprint density at radius 3 is 2.12 bits per heavy atom. The molecule has 2 aromatic rings. The smallest absolute Gasteiger partial charge is 0.339 e. The third-order valence-corrected chi connectivity index (χ3v) is 3.92. The number of ether oxygens (including phenoxy) is 1. The minimum Gasteiger partial charge on any atom is -0.457 e. The Kier molecular flexibility index (Phi) is 4.15. The molecule has 3 nitrogen and oxygen atoms in total. The van der Waals surface area contributed by atoms with Crippen LogP contribution in [0.4, 0.5) is 30.7 Å². The Hall–Kier alpha value is -2.33. The van der Waals surface area contributed by atoms with Gasteiger partial charge in [-0.3, -0.25) is 0 Å². The summed E-state index contributed by atoms with van der Waals surface area (Å²) in [5.41, 5.74) is -3.91. The lowest BCUT2D eigenvalue weighted by atomic mass is 9.98. The van der Waals surface area contributed by atoms with Crippen molar-refractivity contribution >= 4 is 0 Å². The van der Waals surface area contributed by atoms with Gasteiger partial charge in [0.15, 0.2) is 6.17 Å². The van der Waals surface area contributed by atoms with E-state index < -0.39 is 64.1 Å². The number of rotatable bonds is 3. The van der Waals surface area contributed by atoms with Crippen molar-refractivity contribution in [1.82, 2.24) is 0 Å². The maximum absolute atomic E-state index is 13.8. The summed E-state index contributed by atoms with van der Waals surface area (Å²) in [5, 5.41) is 19.2. The predicted octanol–water partition coefficient (Wildman–Crippen LogP) is 4.49. The third kappa shape index (κ3) is 2.60. The van der Waals surface area contributed by atoms with Crippen LogP contribution in [-0.4, -0.2) is 16.1 Å². The summed E-state index contributed by atoms with van der Waals surface area (Å²) in [6.45, 7) is 0. The normalized spacial score (nSPS) is 20.3. The number of hydrogen-bond acceptors (Lipinski definition) is 3. The van der Waals surface area contributed by atoms with E-state index in [1.807, 2.05) is 0 Å². The fourth-order valence-corrected chi connectivity index (χ4v) is 2.78. The van der Waals surface area contributed by atoms with Crippen LogP contribution in [0.3, 0.4) is 0 Å². The molecule has 1 unspecified atom stereocenters. The Balaban J connectivity index is 2.18. The quantitative estimate of drug-likeness (QED) is 0.608. The average Bonchev–Trinajstić information content (AvgIpc) is 2.64. The molecule has 0 amide bonds. The van der Waals surface area contributed by atoms with E-state index in [4.69, 9.17) is 4.74 Å². The van der Waals surface area contributed by atoms with Crippen LogP contribution >= 0.6 is 0 Å². The van der Waals surface area contributed by atoms with Crippen LogP contribution in [0.15, 0.2) is 30.3 Å². The molecule has 3 rings (SSSR count). The molecule has 0 saturated carbocycles. The second-order valence-electron chi connectivity index (χ2n) is 5.61. The first-order valence-corrected chi connectivity index (χ1v) is 7.02. The molecule has 0 aliphatic heterocycles. The fourth-order valence-electron chi connectivity index (χ4n) is 2.78. The zero-order chi connectivity index (χ0) is 19.4. The number of hydrogen-bond donors (Lipinski definition) is 2. The van der Waals surface area contributed by atoms with Crippen LogP contribution in [-0.2, 0) is 5.79 Å². The molecule has 0 bridgehead atoms. The number of aliphatic hydroxyl groups is 2. The van der Waals surface area contributed by atoms with Gasteiger partial charge in [-0.15, -0.1) is 0 Å². The van der Waals surface area contributed by atoms with E-state index in [0.717, 1.165) is 0 Å². The SMILES string of the molecule is OC1(O)c2c(ccc(Oc3cc(F)cc(F)c3)c2C(F)F)C(F)C1(F)F. The van der Waals surface area contributed by atoms with E-state index in [2.05, 4.69) is 0 Å². The summed E-state index contributed by atoms with van der Waals surface area (Å²) in [6, 6.07) is 3.02. The number of benzene rings is 2. The monoisotopic (exact) mass is 382 g/mol. The summed E-state index contributed by atoms with van der Waals surface area (Å²) < 4.78 is 99.5. The van der Waals surface area contributed by atoms with Crippen LogP contribution in [0.2, 0.25) is 0 Å². The van der Waals surface area contributed by atoms with Crippen molar-refractivity contribution < 1.29 is 45.7 Å². The van der Waals surface area contributed by atoms with Gasteiger partial charge in [-0.05, 0) is 6.07 Å². The van der Waals surface area contributed by atoms with Crippen LogP contribution in [0.5, 0.6) is 11.5 Å². The summed E-state index contributed by atoms with van der Waals surface area (Å²) >= 11 is 0. The molecule has 10 heteroatoms. The molecule has 2 aromatic carbocycles. The molecule has 2 N–H and O–H groups in total. The average molecular weight is 382 g/mol. The summed E-state index contributed by atoms with van der Waals surface area (Å²) in [7, 11) is 0. The van der Waals surface area contributed by atoms with E-state index in [1.54, 1.807) is 0 Å². The van der Waals surface area contributed by atoms with Crippen LogP contribution in [0, 0.1) is 11.6 Å². The summed E-state index contributed by atoms with van der Waals surface area (Å²) in [5.74, 6) is -12.7. The van der Waals surface area contributed by atoms with Gasteiger partial charge < -0.3 is 14.9 Å². The molecule has 0 saturated heterocycles. The second kappa shape index (κ2) is 5.85. The van der Waals surface area contributed by atoms with Crippen molar-refractivity contribution in [2.75, 3.05) is 0 Å². The van der Waals surface area contributed by atoms with Crippen molar-refractivity contribution in [3.05, 3.63) is 58.7 Å². The highest BCUT2D eigenvalue weighted by Gasteiger charge is 2.67. The van der Waals surface area contributed by atoms with Gasteiger partial charge in [0.25, 0.3) is 12.2 Å². The molecule has 0 fully saturated rings. The molecule has 0 aromatic heterocycles. The summed E-state index contributed by atoms with van der Waals surface area (Å²) in [6.07, 6.45) is -6.83. The first kappa shape index (κ1) is 18.5. The molecular formula is C16H9F7O3. The van der Waals surface area contributed by atoms with E-state index in [9.17, 15) is 40.9 Å². The largest absolute Gasteiger partial charge is 0.457 e. The zero-order valence-corrected chi connectivity index (χ0v) is 12.5. The standard InChI is InChI=1S/C16H9F7O3/c17-6-3-7(18)5-8(4-6)26-10-2-1-9-12(11(10)14(20)21)16(24,25)15(22,23)13(9)19/h1-5,13-14,24-25H. The summed E-state index contributed by atoms with van der Waals surface area (Å²) in [4.78, 5) is 0. The number of halogens is 7. The van der Waals surface area contributed by atoms with Gasteiger partial charge in [0.05, 0.1) is 5.56 Å². The van der Waals surface area contributed by atoms with Crippen LogP contribution in [0.25, 0.3) is 0 Å². The van der Waals surface area contributed by atoms with Gasteiger partial charge >= 0.3 is 5.92 Å². The first-order chi connectivity index (χ1) is 12.0. The van der Waals surface area contributed by atoms with Crippen LogP contribution in [0.1, 0.15) is 29.3 Å². The van der Waals surface area contributed by atoms with Gasteiger partial charge in [-0.25, -0.2) is 22.0 Å². The molecule has 140 valence electrons. The fraction of sp³-hybridized carbons (Fsp3) is 0.250. The molecule has 1 aliphatic carbocycles. The molecule has 0 heterocycles. The van der Waals surface area contributed by atoms with Gasteiger partial charge in [-0.1, -0.05) is 6.07 Å². The second-order valence-corrected chi connectivity index (χ2v) is 5.61. The number of alkyl halides is 5. The molecule has 0 spiro atoms. The lowest BCUT2D eigenvalue weighted by Gasteiger charge is -2.26. The highest BCUT2D eigenvalue weighted by Crippen LogP contribution is 2.58. The van der Waals surface area contributed by atoms with Gasteiger partial charge in [0.2, 0.25) is 0 Å². The zero-order valence-electron chi connectivity index (χ0n) is 12.5. The van der Waals surface area contributed by atoms with Gasteiger partial charge in [0, 0.05) is 29.3 Å². The van der Waals surface area contributed by atoms with Crippen molar-refractivity contribution in [2.24, 2.45) is 0 Å². The molecule has 1 atom stereocenters. The Morgan fingerprint density at radius 1 is 1.00 bits per heavy atom. The van der Waals surface area contributed by atoms with E-state index in [0.29, 0.717) is 30.3 Å². The minimum absolute atomic E-state index is 0.476. The van der Waals surface area contributed by atoms with E-state index >= 15 is 0 Å². The van der Waals surface area contributed by atoms with Crippen LogP contribution < -0.4 is 4.74 Å².